The predicted molar refractivity (Wildman–Crippen MR) is 96.2 cm³/mol. The maximum atomic E-state index is 13.9. The number of carbonyl (C=O) groups excluding carboxylic acids is 1. The maximum absolute atomic E-state index is 13.9. The van der Waals surface area contributed by atoms with Gasteiger partial charge in [-0.2, -0.15) is 5.10 Å². The lowest BCUT2D eigenvalue weighted by molar-refractivity contribution is 0.0950. The average molecular weight is 368 g/mol. The molecule has 2 aromatic heterocycles. The summed E-state index contributed by atoms with van der Waals surface area (Å²) >= 11 is 0. The van der Waals surface area contributed by atoms with E-state index in [0.29, 0.717) is 5.82 Å². The molecule has 1 aliphatic carbocycles. The number of nitrogens with zero attached hydrogens (tertiary/aromatic N) is 3. The molecule has 0 spiro atoms. The minimum Gasteiger partial charge on any atom is -0.345 e. The van der Waals surface area contributed by atoms with Gasteiger partial charge < -0.3 is 10.6 Å². The van der Waals surface area contributed by atoms with Gasteiger partial charge in [-0.3, -0.25) is 9.36 Å². The van der Waals surface area contributed by atoms with E-state index in [1.165, 1.54) is 12.3 Å². The molecule has 1 amide bonds. The number of carbonyl (C=O) groups is 1. The topological polar surface area (TPSA) is 105 Å². The van der Waals surface area contributed by atoms with Crippen LogP contribution in [0, 0.1) is 5.82 Å². The number of halogens is 1. The number of anilines is 2. The average Bonchev–Trinajstić information content (AvgIpc) is 3.44. The number of aromatic amines is 1. The molecule has 8 nitrogen and oxygen atoms in total. The SMILES string of the molecule is O=C(NCc1n[nH]c(=O)n1C1CC1)c1cccnc1Nc1ccccc1F. The van der Waals surface area contributed by atoms with Crippen molar-refractivity contribution in [2.45, 2.75) is 25.4 Å². The minimum atomic E-state index is -0.445. The van der Waals surface area contributed by atoms with Crippen LogP contribution in [0.25, 0.3) is 0 Å². The largest absolute Gasteiger partial charge is 0.345 e. The molecule has 0 aliphatic heterocycles. The molecule has 2 heterocycles. The van der Waals surface area contributed by atoms with Gasteiger partial charge in [-0.05, 0) is 37.1 Å². The normalized spacial score (nSPS) is 13.4. The number of aromatic nitrogens is 4. The standard InChI is InChI=1S/C18H17FN6O2/c19-13-5-1-2-6-14(13)22-16-12(4-3-9-20-16)17(26)21-10-15-23-24-18(27)25(15)11-7-8-11/h1-6,9,11H,7-8,10H2,(H,20,22)(H,21,26)(H,24,27). The molecule has 0 unspecified atom stereocenters. The molecule has 0 bridgehead atoms. The van der Waals surface area contributed by atoms with Crippen LogP contribution in [0.1, 0.15) is 35.1 Å². The first-order chi connectivity index (χ1) is 13.1. The third-order valence-corrected chi connectivity index (χ3v) is 4.28. The van der Waals surface area contributed by atoms with Gasteiger partial charge in [-0.25, -0.2) is 19.3 Å². The van der Waals surface area contributed by atoms with Crippen LogP contribution in [-0.4, -0.2) is 25.7 Å². The lowest BCUT2D eigenvalue weighted by Gasteiger charge is -2.12. The third-order valence-electron chi connectivity index (χ3n) is 4.28. The van der Waals surface area contributed by atoms with E-state index in [2.05, 4.69) is 25.8 Å². The van der Waals surface area contributed by atoms with E-state index in [1.807, 2.05) is 0 Å². The zero-order valence-corrected chi connectivity index (χ0v) is 14.3. The van der Waals surface area contributed by atoms with Gasteiger partial charge in [0, 0.05) is 12.2 Å². The summed E-state index contributed by atoms with van der Waals surface area (Å²) in [5.74, 6) is -0.135. The molecule has 3 N–H and O–H groups in total. The molecule has 27 heavy (non-hydrogen) atoms. The van der Waals surface area contributed by atoms with E-state index in [1.54, 1.807) is 34.9 Å². The van der Waals surface area contributed by atoms with Gasteiger partial charge in [0.1, 0.15) is 11.6 Å². The molecule has 1 aromatic carbocycles. The summed E-state index contributed by atoms with van der Waals surface area (Å²) in [6.07, 6.45) is 3.37. The van der Waals surface area contributed by atoms with Crippen LogP contribution in [0.4, 0.5) is 15.9 Å². The van der Waals surface area contributed by atoms with Gasteiger partial charge in [0.25, 0.3) is 5.91 Å². The summed E-state index contributed by atoms with van der Waals surface area (Å²) in [4.78, 5) is 28.5. The van der Waals surface area contributed by atoms with Crippen molar-refractivity contribution in [1.29, 1.82) is 0 Å². The molecule has 1 aliphatic rings. The Morgan fingerprint density at radius 3 is 2.85 bits per heavy atom. The smallest absolute Gasteiger partial charge is 0.343 e. The van der Waals surface area contributed by atoms with E-state index in [4.69, 9.17) is 0 Å². The van der Waals surface area contributed by atoms with Gasteiger partial charge in [0.15, 0.2) is 5.82 Å². The Balaban J connectivity index is 1.51. The van der Waals surface area contributed by atoms with Gasteiger partial charge in [0.05, 0.1) is 17.8 Å². The summed E-state index contributed by atoms with van der Waals surface area (Å²) < 4.78 is 15.4. The number of H-pyrrole nitrogens is 1. The lowest BCUT2D eigenvalue weighted by Crippen LogP contribution is -2.27. The van der Waals surface area contributed by atoms with Crippen LogP contribution in [0.3, 0.4) is 0 Å². The molecular formula is C18H17FN6O2. The summed E-state index contributed by atoms with van der Waals surface area (Å²) in [5.41, 5.74) is 0.210. The van der Waals surface area contributed by atoms with E-state index in [0.717, 1.165) is 12.8 Å². The fourth-order valence-electron chi connectivity index (χ4n) is 2.80. The van der Waals surface area contributed by atoms with E-state index < -0.39 is 11.7 Å². The van der Waals surface area contributed by atoms with Gasteiger partial charge in [0.2, 0.25) is 0 Å². The van der Waals surface area contributed by atoms with Crippen molar-refractivity contribution in [2.24, 2.45) is 0 Å². The van der Waals surface area contributed by atoms with Gasteiger partial charge in [-0.1, -0.05) is 12.1 Å². The van der Waals surface area contributed by atoms with Crippen molar-refractivity contribution in [3.05, 3.63) is 70.3 Å². The highest BCUT2D eigenvalue weighted by Crippen LogP contribution is 2.34. The lowest BCUT2D eigenvalue weighted by atomic mass is 10.2. The van der Waals surface area contributed by atoms with Crippen molar-refractivity contribution in [3.8, 4) is 0 Å². The molecule has 0 atom stereocenters. The van der Waals surface area contributed by atoms with Gasteiger partial charge in [-0.15, -0.1) is 0 Å². The van der Waals surface area contributed by atoms with Crippen molar-refractivity contribution in [2.75, 3.05) is 5.32 Å². The van der Waals surface area contributed by atoms with Crippen molar-refractivity contribution in [1.82, 2.24) is 25.1 Å². The van der Waals surface area contributed by atoms with Crippen molar-refractivity contribution in [3.63, 3.8) is 0 Å². The first kappa shape index (κ1) is 17.0. The Bertz CT molecular complexity index is 1040. The third kappa shape index (κ3) is 3.57. The Hall–Kier alpha value is -3.49. The highest BCUT2D eigenvalue weighted by atomic mass is 19.1. The van der Waals surface area contributed by atoms with Gasteiger partial charge >= 0.3 is 5.69 Å². The minimum absolute atomic E-state index is 0.0993. The number of nitrogens with one attached hydrogen (secondary N) is 3. The molecular weight excluding hydrogens is 351 g/mol. The predicted octanol–water partition coefficient (Wildman–Crippen LogP) is 2.11. The fourth-order valence-corrected chi connectivity index (χ4v) is 2.80. The number of hydrogen-bond acceptors (Lipinski definition) is 5. The monoisotopic (exact) mass is 368 g/mol. The van der Waals surface area contributed by atoms with E-state index in [9.17, 15) is 14.0 Å². The highest BCUT2D eigenvalue weighted by molar-refractivity contribution is 5.99. The molecule has 4 rings (SSSR count). The van der Waals surface area contributed by atoms with Crippen LogP contribution in [-0.2, 0) is 6.54 Å². The molecule has 9 heteroatoms. The molecule has 1 fully saturated rings. The molecule has 0 radical (unpaired) electrons. The van der Waals surface area contributed by atoms with Crippen LogP contribution < -0.4 is 16.3 Å². The number of amides is 1. The number of pyridine rings is 1. The van der Waals surface area contributed by atoms with Crippen molar-refractivity contribution < 1.29 is 9.18 Å². The van der Waals surface area contributed by atoms with Crippen molar-refractivity contribution >= 4 is 17.4 Å². The van der Waals surface area contributed by atoms with Crippen LogP contribution in [0.2, 0.25) is 0 Å². The molecule has 3 aromatic rings. The molecule has 138 valence electrons. The number of hydrogen-bond donors (Lipinski definition) is 3. The quantitative estimate of drug-likeness (QED) is 0.618. The summed E-state index contributed by atoms with van der Waals surface area (Å²) in [5, 5.41) is 12.0. The first-order valence-electron chi connectivity index (χ1n) is 8.54. The molecule has 1 saturated carbocycles. The summed E-state index contributed by atoms with van der Waals surface area (Å²) in [6, 6.07) is 9.50. The Labute approximate surface area is 153 Å². The van der Waals surface area contributed by atoms with Crippen LogP contribution in [0.5, 0.6) is 0 Å². The van der Waals surface area contributed by atoms with E-state index >= 15 is 0 Å². The Morgan fingerprint density at radius 1 is 1.26 bits per heavy atom. The van der Waals surface area contributed by atoms with Crippen LogP contribution >= 0.6 is 0 Å². The zero-order chi connectivity index (χ0) is 18.8. The fraction of sp³-hybridized carbons (Fsp3) is 0.222. The second-order valence-corrected chi connectivity index (χ2v) is 6.23. The second-order valence-electron chi connectivity index (χ2n) is 6.23. The first-order valence-corrected chi connectivity index (χ1v) is 8.54. The zero-order valence-electron chi connectivity index (χ0n) is 14.3. The Morgan fingerprint density at radius 2 is 2.07 bits per heavy atom. The van der Waals surface area contributed by atoms with E-state index in [-0.39, 0.29) is 35.3 Å². The number of rotatable bonds is 6. The second kappa shape index (κ2) is 7.02. The number of para-hydroxylation sites is 1. The highest BCUT2D eigenvalue weighted by Gasteiger charge is 2.28. The summed E-state index contributed by atoms with van der Waals surface area (Å²) in [6.45, 7) is 0.0993. The van der Waals surface area contributed by atoms with Crippen LogP contribution in [0.15, 0.2) is 47.4 Å². The molecule has 0 saturated heterocycles. The Kier molecular flexibility index (Phi) is 4.41. The summed E-state index contributed by atoms with van der Waals surface area (Å²) in [7, 11) is 0. The number of benzene rings is 1. The maximum Gasteiger partial charge on any atom is 0.343 e.